The number of pyridine rings is 1. The molecule has 0 fully saturated rings. The highest BCUT2D eigenvalue weighted by Crippen LogP contribution is 2.23. The van der Waals surface area contributed by atoms with Gasteiger partial charge >= 0.3 is 0 Å². The molecule has 2 aromatic carbocycles. The fourth-order valence-corrected chi connectivity index (χ4v) is 2.44. The van der Waals surface area contributed by atoms with Crippen LogP contribution in [0.4, 0.5) is 0 Å². The SMILES string of the molecule is C/C(O)=C(/Cc1ccccc1)c1ccc2ccccc2n1. The summed E-state index contributed by atoms with van der Waals surface area (Å²) < 4.78 is 0. The lowest BCUT2D eigenvalue weighted by molar-refractivity contribution is 0.415. The first-order chi connectivity index (χ1) is 10.2. The Bertz CT molecular complexity index is 787. The third-order valence-corrected chi connectivity index (χ3v) is 3.57. The summed E-state index contributed by atoms with van der Waals surface area (Å²) in [5, 5.41) is 11.1. The highest BCUT2D eigenvalue weighted by atomic mass is 16.3. The van der Waals surface area contributed by atoms with Crippen molar-refractivity contribution in [1.29, 1.82) is 0 Å². The first-order valence-corrected chi connectivity index (χ1v) is 7.03. The van der Waals surface area contributed by atoms with E-state index in [1.54, 1.807) is 6.92 Å². The van der Waals surface area contributed by atoms with Crippen LogP contribution in [0.5, 0.6) is 0 Å². The number of para-hydroxylation sites is 1. The van der Waals surface area contributed by atoms with Gasteiger partial charge in [-0.3, -0.25) is 0 Å². The van der Waals surface area contributed by atoms with E-state index < -0.39 is 0 Å². The lowest BCUT2D eigenvalue weighted by Gasteiger charge is -2.10. The molecule has 3 rings (SSSR count). The van der Waals surface area contributed by atoms with Gasteiger partial charge in [0.2, 0.25) is 0 Å². The molecule has 3 aromatic rings. The molecule has 0 atom stereocenters. The Morgan fingerprint density at radius 1 is 0.905 bits per heavy atom. The summed E-state index contributed by atoms with van der Waals surface area (Å²) in [6.45, 7) is 1.72. The van der Waals surface area contributed by atoms with Crippen molar-refractivity contribution in [2.45, 2.75) is 13.3 Å². The van der Waals surface area contributed by atoms with Gasteiger partial charge in [-0.2, -0.15) is 0 Å². The summed E-state index contributed by atoms with van der Waals surface area (Å²) in [5.41, 5.74) is 3.81. The van der Waals surface area contributed by atoms with E-state index in [0.717, 1.165) is 27.7 Å². The predicted molar refractivity (Wildman–Crippen MR) is 87.1 cm³/mol. The van der Waals surface area contributed by atoms with Crippen molar-refractivity contribution in [2.24, 2.45) is 0 Å². The first kappa shape index (κ1) is 13.4. The Hall–Kier alpha value is -2.61. The van der Waals surface area contributed by atoms with E-state index in [1.165, 1.54) is 0 Å². The van der Waals surface area contributed by atoms with Gasteiger partial charge in [0.25, 0.3) is 0 Å². The fourth-order valence-electron chi connectivity index (χ4n) is 2.44. The van der Waals surface area contributed by atoms with E-state index in [-0.39, 0.29) is 0 Å². The van der Waals surface area contributed by atoms with Crippen LogP contribution in [0.25, 0.3) is 16.5 Å². The standard InChI is InChI=1S/C19H17NO/c1-14(21)17(13-15-7-3-2-4-8-15)19-12-11-16-9-5-6-10-18(16)20-19/h2-12,21H,13H2,1H3/b17-14+. The highest BCUT2D eigenvalue weighted by Gasteiger charge is 2.09. The smallest absolute Gasteiger partial charge is 0.0948 e. The summed E-state index contributed by atoms with van der Waals surface area (Å²) in [6, 6.07) is 22.2. The number of hydrogen-bond acceptors (Lipinski definition) is 2. The van der Waals surface area contributed by atoms with E-state index in [2.05, 4.69) is 17.1 Å². The van der Waals surface area contributed by atoms with Crippen molar-refractivity contribution in [1.82, 2.24) is 4.98 Å². The molecule has 0 radical (unpaired) electrons. The van der Waals surface area contributed by atoms with Crippen LogP contribution in [-0.4, -0.2) is 10.1 Å². The van der Waals surface area contributed by atoms with E-state index >= 15 is 0 Å². The molecule has 2 nitrogen and oxygen atoms in total. The Kier molecular flexibility index (Phi) is 3.69. The van der Waals surface area contributed by atoms with Crippen LogP contribution >= 0.6 is 0 Å². The van der Waals surface area contributed by atoms with Gasteiger partial charge in [0.05, 0.1) is 17.0 Å². The highest BCUT2D eigenvalue weighted by molar-refractivity contribution is 5.81. The number of aromatic nitrogens is 1. The van der Waals surface area contributed by atoms with Crippen molar-refractivity contribution in [3.05, 3.63) is 83.7 Å². The van der Waals surface area contributed by atoms with Gasteiger partial charge in [0.1, 0.15) is 0 Å². The number of aliphatic hydroxyl groups excluding tert-OH is 1. The Balaban J connectivity index is 2.02. The summed E-state index contributed by atoms with van der Waals surface area (Å²) in [5.74, 6) is 0.321. The summed E-state index contributed by atoms with van der Waals surface area (Å²) in [7, 11) is 0. The monoisotopic (exact) mass is 275 g/mol. The topological polar surface area (TPSA) is 33.1 Å². The van der Waals surface area contributed by atoms with Crippen LogP contribution in [0, 0.1) is 0 Å². The zero-order valence-corrected chi connectivity index (χ0v) is 12.0. The number of aliphatic hydroxyl groups is 1. The molecule has 0 bridgehead atoms. The lowest BCUT2D eigenvalue weighted by atomic mass is 10.0. The Morgan fingerprint density at radius 2 is 1.62 bits per heavy atom. The minimum absolute atomic E-state index is 0.321. The molecule has 2 heteroatoms. The zero-order chi connectivity index (χ0) is 14.7. The van der Waals surface area contributed by atoms with E-state index in [4.69, 9.17) is 0 Å². The number of hydrogen-bond donors (Lipinski definition) is 1. The molecule has 0 saturated carbocycles. The Morgan fingerprint density at radius 3 is 2.38 bits per heavy atom. The molecule has 1 N–H and O–H groups in total. The normalized spacial score (nSPS) is 12.2. The second-order valence-corrected chi connectivity index (χ2v) is 5.12. The van der Waals surface area contributed by atoms with E-state index in [0.29, 0.717) is 12.2 Å². The molecule has 104 valence electrons. The van der Waals surface area contributed by atoms with Crippen LogP contribution in [-0.2, 0) is 6.42 Å². The molecule has 0 aliphatic carbocycles. The van der Waals surface area contributed by atoms with Crippen LogP contribution in [0.1, 0.15) is 18.2 Å². The molecule has 0 spiro atoms. The van der Waals surface area contributed by atoms with Gasteiger partial charge in [-0.05, 0) is 24.6 Å². The minimum atomic E-state index is 0.321. The molecule has 0 aliphatic rings. The summed E-state index contributed by atoms with van der Waals surface area (Å²) >= 11 is 0. The van der Waals surface area contributed by atoms with Crippen LogP contribution in [0.3, 0.4) is 0 Å². The third-order valence-electron chi connectivity index (χ3n) is 3.57. The predicted octanol–water partition coefficient (Wildman–Crippen LogP) is 4.77. The minimum Gasteiger partial charge on any atom is -0.512 e. The zero-order valence-electron chi connectivity index (χ0n) is 12.0. The van der Waals surface area contributed by atoms with Crippen LogP contribution < -0.4 is 0 Å². The van der Waals surface area contributed by atoms with Crippen molar-refractivity contribution >= 4 is 16.5 Å². The molecule has 0 saturated heterocycles. The van der Waals surface area contributed by atoms with Gasteiger partial charge in [-0.15, -0.1) is 0 Å². The van der Waals surface area contributed by atoms with Gasteiger partial charge in [0, 0.05) is 17.4 Å². The second kappa shape index (κ2) is 5.80. The molecular weight excluding hydrogens is 258 g/mol. The maximum absolute atomic E-state index is 10.0. The number of allylic oxidation sites excluding steroid dienone is 2. The second-order valence-electron chi connectivity index (χ2n) is 5.12. The Labute approximate surface area is 124 Å². The molecule has 1 heterocycles. The molecule has 0 amide bonds. The maximum atomic E-state index is 10.0. The van der Waals surface area contributed by atoms with Crippen molar-refractivity contribution in [3.8, 4) is 0 Å². The average Bonchev–Trinajstić information content (AvgIpc) is 2.53. The maximum Gasteiger partial charge on any atom is 0.0948 e. The third kappa shape index (κ3) is 2.95. The van der Waals surface area contributed by atoms with E-state index in [9.17, 15) is 5.11 Å². The number of rotatable bonds is 3. The molecular formula is C19H17NO. The number of fused-ring (bicyclic) bond motifs is 1. The number of benzene rings is 2. The van der Waals surface area contributed by atoms with Crippen molar-refractivity contribution in [3.63, 3.8) is 0 Å². The summed E-state index contributed by atoms with van der Waals surface area (Å²) in [6.07, 6.45) is 0.675. The molecule has 21 heavy (non-hydrogen) atoms. The van der Waals surface area contributed by atoms with Crippen molar-refractivity contribution in [2.75, 3.05) is 0 Å². The molecule has 0 unspecified atom stereocenters. The van der Waals surface area contributed by atoms with Gasteiger partial charge in [0.15, 0.2) is 0 Å². The quantitative estimate of drug-likeness (QED) is 0.699. The van der Waals surface area contributed by atoms with E-state index in [1.807, 2.05) is 54.6 Å². The lowest BCUT2D eigenvalue weighted by Crippen LogP contribution is -1.97. The van der Waals surface area contributed by atoms with Gasteiger partial charge in [-0.25, -0.2) is 4.98 Å². The molecule has 1 aromatic heterocycles. The van der Waals surface area contributed by atoms with Crippen LogP contribution in [0.2, 0.25) is 0 Å². The first-order valence-electron chi connectivity index (χ1n) is 7.03. The summed E-state index contributed by atoms with van der Waals surface area (Å²) in [4.78, 5) is 4.68. The largest absolute Gasteiger partial charge is 0.512 e. The number of nitrogens with zero attached hydrogens (tertiary/aromatic N) is 1. The average molecular weight is 275 g/mol. The van der Waals surface area contributed by atoms with Gasteiger partial charge in [-0.1, -0.05) is 54.6 Å². The fraction of sp³-hybridized carbons (Fsp3) is 0.105. The van der Waals surface area contributed by atoms with Crippen LogP contribution in [0.15, 0.2) is 72.5 Å². The van der Waals surface area contributed by atoms with Crippen molar-refractivity contribution < 1.29 is 5.11 Å². The molecule has 0 aliphatic heterocycles. The van der Waals surface area contributed by atoms with Gasteiger partial charge < -0.3 is 5.11 Å².